The van der Waals surface area contributed by atoms with Crippen LogP contribution in [-0.2, 0) is 55.9 Å². The standard InChI is InChI=1S/C42H60N8O12/c1-22(2)33(39(59)44-21-31(43)52)49-38(58)30(20-32(53)54)47-40(60)34(23(3)4)50-37(57)28(18-25-12-10-9-11-13-25)46-35(55)24(5)45-36(56)29(48-41(61)62-42(6,7)8)19-26-14-16-27(51)17-15-26/h9-17,22-24,28-30,33-34,51H,18-21H2,1-8H3,(H2,43,52)(H,44,59)(H,45,56)(H,46,55)(H,47,60)(H,48,61)(H,49,58)(H,50,57)(H,53,54)/t24-,28+,29+,30+,33+,34+/m1/s1. The van der Waals surface area contributed by atoms with Crippen LogP contribution in [0.25, 0.3) is 0 Å². The molecule has 0 bridgehead atoms. The van der Waals surface area contributed by atoms with E-state index in [1.807, 2.05) is 0 Å². The molecule has 0 aliphatic carbocycles. The Labute approximate surface area is 360 Å². The monoisotopic (exact) mass is 868 g/mol. The number of amides is 8. The number of phenolic OH excluding ortho intramolecular Hbond substituents is 1. The van der Waals surface area contributed by atoms with E-state index in [9.17, 15) is 53.4 Å². The zero-order chi connectivity index (χ0) is 46.9. The first-order valence-electron chi connectivity index (χ1n) is 20.0. The molecule has 0 aliphatic heterocycles. The van der Waals surface area contributed by atoms with Crippen molar-refractivity contribution in [3.63, 3.8) is 0 Å². The number of phenols is 1. The van der Waals surface area contributed by atoms with Crippen LogP contribution in [0.1, 0.15) is 72.9 Å². The number of carboxylic acids is 1. The van der Waals surface area contributed by atoms with Crippen molar-refractivity contribution in [1.82, 2.24) is 37.2 Å². The minimum Gasteiger partial charge on any atom is -0.508 e. The fourth-order valence-corrected chi connectivity index (χ4v) is 5.77. The maximum atomic E-state index is 14.0. The molecule has 0 unspecified atom stereocenters. The molecule has 8 amide bonds. The lowest BCUT2D eigenvalue weighted by Crippen LogP contribution is -2.61. The van der Waals surface area contributed by atoms with Gasteiger partial charge in [-0.1, -0.05) is 70.2 Å². The number of benzene rings is 2. The third-order valence-electron chi connectivity index (χ3n) is 8.99. The lowest BCUT2D eigenvalue weighted by atomic mass is 9.99. The number of ether oxygens (including phenoxy) is 1. The lowest BCUT2D eigenvalue weighted by molar-refractivity contribution is -0.142. The van der Waals surface area contributed by atoms with Crippen LogP contribution in [0.3, 0.4) is 0 Å². The largest absolute Gasteiger partial charge is 0.508 e. The first-order valence-corrected chi connectivity index (χ1v) is 20.0. The summed E-state index contributed by atoms with van der Waals surface area (Å²) < 4.78 is 5.33. The summed E-state index contributed by atoms with van der Waals surface area (Å²) in [5, 5.41) is 36.6. The van der Waals surface area contributed by atoms with Gasteiger partial charge in [0, 0.05) is 12.8 Å². The number of carbonyl (C=O) groups excluding carboxylic acids is 8. The summed E-state index contributed by atoms with van der Waals surface area (Å²) in [6.07, 6.45) is -1.91. The van der Waals surface area contributed by atoms with Gasteiger partial charge in [0.05, 0.1) is 13.0 Å². The van der Waals surface area contributed by atoms with Crippen LogP contribution in [0, 0.1) is 11.8 Å². The number of carbonyl (C=O) groups is 9. The second-order valence-electron chi connectivity index (χ2n) is 16.4. The van der Waals surface area contributed by atoms with Gasteiger partial charge >= 0.3 is 12.1 Å². The van der Waals surface area contributed by atoms with Crippen LogP contribution >= 0.6 is 0 Å². The highest BCUT2D eigenvalue weighted by molar-refractivity contribution is 5.98. The molecule has 11 N–H and O–H groups in total. The minimum atomic E-state index is -1.71. The van der Waals surface area contributed by atoms with Crippen LogP contribution in [0.5, 0.6) is 5.75 Å². The third-order valence-corrected chi connectivity index (χ3v) is 8.99. The smallest absolute Gasteiger partial charge is 0.408 e. The number of nitrogens with one attached hydrogen (secondary N) is 7. The molecule has 0 saturated carbocycles. The molecule has 0 aromatic heterocycles. The van der Waals surface area contributed by atoms with Crippen LogP contribution < -0.4 is 43.0 Å². The first-order chi connectivity index (χ1) is 28.9. The number of hydrogen-bond donors (Lipinski definition) is 10. The number of primary amides is 1. The molecule has 20 heteroatoms. The molecular formula is C42H60N8O12. The quantitative estimate of drug-likeness (QED) is 0.0743. The van der Waals surface area contributed by atoms with E-state index in [0.29, 0.717) is 11.1 Å². The van der Waals surface area contributed by atoms with E-state index in [-0.39, 0.29) is 18.6 Å². The Morgan fingerprint density at radius 1 is 0.597 bits per heavy atom. The molecule has 2 rings (SSSR count). The van der Waals surface area contributed by atoms with Gasteiger partial charge in [-0.15, -0.1) is 0 Å². The van der Waals surface area contributed by atoms with E-state index < -0.39 is 120 Å². The van der Waals surface area contributed by atoms with Gasteiger partial charge in [-0.2, -0.15) is 0 Å². The van der Waals surface area contributed by atoms with Crippen molar-refractivity contribution in [3.05, 3.63) is 65.7 Å². The van der Waals surface area contributed by atoms with Crippen molar-refractivity contribution in [3.8, 4) is 5.75 Å². The van der Waals surface area contributed by atoms with Gasteiger partial charge in [0.15, 0.2) is 0 Å². The Kier molecular flexibility index (Phi) is 19.8. The second-order valence-corrected chi connectivity index (χ2v) is 16.4. The molecule has 0 fully saturated rings. The maximum absolute atomic E-state index is 14.0. The third kappa shape index (κ3) is 18.3. The van der Waals surface area contributed by atoms with Crippen LogP contribution in [-0.4, -0.2) is 112 Å². The van der Waals surface area contributed by atoms with E-state index >= 15 is 0 Å². The molecule has 6 atom stereocenters. The Balaban J connectivity index is 2.32. The number of carboxylic acid groups (broad SMARTS) is 1. The Hall–Kier alpha value is -6.73. The Bertz CT molecular complexity index is 1900. The van der Waals surface area contributed by atoms with Gasteiger partial charge in [-0.05, 0) is 62.8 Å². The molecule has 0 heterocycles. The van der Waals surface area contributed by atoms with Crippen molar-refractivity contribution in [1.29, 1.82) is 0 Å². The van der Waals surface area contributed by atoms with Gasteiger partial charge in [0.1, 0.15) is 47.6 Å². The highest BCUT2D eigenvalue weighted by Gasteiger charge is 2.35. The molecule has 20 nitrogen and oxygen atoms in total. The molecule has 2 aromatic carbocycles. The van der Waals surface area contributed by atoms with Crippen LogP contribution in [0.2, 0.25) is 0 Å². The van der Waals surface area contributed by atoms with Gasteiger partial charge in [0.2, 0.25) is 41.4 Å². The fourth-order valence-electron chi connectivity index (χ4n) is 5.77. The number of nitrogens with two attached hydrogens (primary N) is 1. The predicted octanol–water partition coefficient (Wildman–Crippen LogP) is -0.0972. The highest BCUT2D eigenvalue weighted by atomic mass is 16.6. The summed E-state index contributed by atoms with van der Waals surface area (Å²) in [6, 6.07) is 6.33. The van der Waals surface area contributed by atoms with Gasteiger partial charge < -0.3 is 57.9 Å². The number of rotatable bonds is 22. The van der Waals surface area contributed by atoms with Crippen molar-refractivity contribution in [2.45, 2.75) is 117 Å². The summed E-state index contributed by atoms with van der Waals surface area (Å²) in [5.41, 5.74) is 5.39. The SMILES string of the molecule is CC(C)[C@H](NC(=O)[C@H](CC(=O)O)NC(=O)[C@@H](NC(=O)[C@H](Cc1ccccc1)NC(=O)[C@@H](C)NC(=O)[C@H](Cc1ccc(O)cc1)NC(=O)OC(C)(C)C)C(C)C)C(=O)NCC(N)=O. The average molecular weight is 869 g/mol. The molecule has 0 aliphatic rings. The van der Waals surface area contributed by atoms with Gasteiger partial charge in [-0.3, -0.25) is 38.4 Å². The molecule has 0 spiro atoms. The summed E-state index contributed by atoms with van der Waals surface area (Å²) in [7, 11) is 0. The Morgan fingerprint density at radius 3 is 1.56 bits per heavy atom. The van der Waals surface area contributed by atoms with E-state index in [1.54, 1.807) is 90.9 Å². The molecule has 0 saturated heterocycles. The topological polar surface area (TPSA) is 314 Å². The fraction of sp³-hybridized carbons (Fsp3) is 0.500. The first kappa shape index (κ1) is 51.4. The van der Waals surface area contributed by atoms with Crippen molar-refractivity contribution < 1.29 is 58.1 Å². The zero-order valence-electron chi connectivity index (χ0n) is 36.2. The van der Waals surface area contributed by atoms with E-state index in [4.69, 9.17) is 10.5 Å². The van der Waals surface area contributed by atoms with Gasteiger partial charge in [-0.25, -0.2) is 4.79 Å². The van der Waals surface area contributed by atoms with E-state index in [0.717, 1.165) is 0 Å². The highest BCUT2D eigenvalue weighted by Crippen LogP contribution is 2.14. The summed E-state index contributed by atoms with van der Waals surface area (Å²) >= 11 is 0. The maximum Gasteiger partial charge on any atom is 0.408 e. The number of aliphatic carboxylic acids is 1. The minimum absolute atomic E-state index is 0.0117. The van der Waals surface area contributed by atoms with E-state index in [2.05, 4.69) is 37.2 Å². The summed E-state index contributed by atoms with van der Waals surface area (Å²) in [4.78, 5) is 117. The van der Waals surface area contributed by atoms with Crippen LogP contribution in [0.4, 0.5) is 4.79 Å². The Morgan fingerprint density at radius 2 is 1.06 bits per heavy atom. The zero-order valence-corrected chi connectivity index (χ0v) is 36.2. The number of aromatic hydroxyl groups is 1. The molecule has 340 valence electrons. The number of hydrogen-bond acceptors (Lipinski definition) is 11. The molecular weight excluding hydrogens is 809 g/mol. The lowest BCUT2D eigenvalue weighted by Gasteiger charge is -2.29. The summed E-state index contributed by atoms with van der Waals surface area (Å²) in [6.45, 7) is 12.1. The van der Waals surface area contributed by atoms with Crippen molar-refractivity contribution in [2.75, 3.05) is 6.54 Å². The molecule has 62 heavy (non-hydrogen) atoms. The number of alkyl carbamates (subject to hydrolysis) is 1. The average Bonchev–Trinajstić information content (AvgIpc) is 3.16. The van der Waals surface area contributed by atoms with Crippen LogP contribution in [0.15, 0.2) is 54.6 Å². The van der Waals surface area contributed by atoms with Gasteiger partial charge in [0.25, 0.3) is 0 Å². The molecule has 0 radical (unpaired) electrons. The predicted molar refractivity (Wildman–Crippen MR) is 225 cm³/mol. The molecule has 2 aromatic rings. The normalized spacial score (nSPS) is 14.1. The van der Waals surface area contributed by atoms with E-state index in [1.165, 1.54) is 19.1 Å². The van der Waals surface area contributed by atoms with Crippen molar-refractivity contribution in [2.24, 2.45) is 17.6 Å². The summed E-state index contributed by atoms with van der Waals surface area (Å²) in [5.74, 6) is -8.65. The second kappa shape index (κ2) is 23.9. The van der Waals surface area contributed by atoms with Crippen molar-refractivity contribution >= 4 is 53.4 Å².